The molecular formula is C17H15F3N4O3S. The average molecular weight is 412 g/mol. The molecule has 4 rings (SSSR count). The number of benzene rings is 1. The lowest BCUT2D eigenvalue weighted by Gasteiger charge is -2.23. The van der Waals surface area contributed by atoms with E-state index < -0.39 is 28.2 Å². The van der Waals surface area contributed by atoms with E-state index in [4.69, 9.17) is 0 Å². The Balaban J connectivity index is 1.65. The second kappa shape index (κ2) is 6.74. The third kappa shape index (κ3) is 3.42. The van der Waals surface area contributed by atoms with E-state index in [0.29, 0.717) is 24.3 Å². The molecular weight excluding hydrogens is 397 g/mol. The first-order chi connectivity index (χ1) is 13.3. The molecule has 3 aromatic rings. The van der Waals surface area contributed by atoms with Crippen LogP contribution in [0.4, 0.5) is 13.2 Å². The number of hydrogen-bond acceptors (Lipinski definition) is 5. The summed E-state index contributed by atoms with van der Waals surface area (Å²) in [5.41, 5.74) is 0.607. The fourth-order valence-electron chi connectivity index (χ4n) is 3.32. The molecule has 1 saturated heterocycles. The summed E-state index contributed by atoms with van der Waals surface area (Å²) in [5, 5.41) is 8.22. The number of sulfonamides is 1. The number of aromatic nitrogens is 3. The Kier molecular flexibility index (Phi) is 4.50. The minimum absolute atomic E-state index is 0.109. The fourth-order valence-corrected chi connectivity index (χ4v) is 4.98. The lowest BCUT2D eigenvalue weighted by molar-refractivity contribution is -0.274. The lowest BCUT2D eigenvalue weighted by Crippen LogP contribution is -2.31. The van der Waals surface area contributed by atoms with Gasteiger partial charge in [0.1, 0.15) is 5.75 Å². The van der Waals surface area contributed by atoms with Gasteiger partial charge in [0.15, 0.2) is 11.5 Å². The van der Waals surface area contributed by atoms with Gasteiger partial charge in [-0.1, -0.05) is 6.07 Å². The van der Waals surface area contributed by atoms with Crippen LogP contribution in [0.25, 0.3) is 5.65 Å². The van der Waals surface area contributed by atoms with Crippen LogP contribution in [0.5, 0.6) is 5.75 Å². The van der Waals surface area contributed by atoms with Gasteiger partial charge in [-0.05, 0) is 49.2 Å². The highest BCUT2D eigenvalue weighted by Gasteiger charge is 2.39. The van der Waals surface area contributed by atoms with Crippen molar-refractivity contribution in [2.24, 2.45) is 0 Å². The summed E-state index contributed by atoms with van der Waals surface area (Å²) < 4.78 is 69.9. The monoisotopic (exact) mass is 412 g/mol. The highest BCUT2D eigenvalue weighted by Crippen LogP contribution is 2.36. The van der Waals surface area contributed by atoms with E-state index in [1.54, 1.807) is 22.7 Å². The van der Waals surface area contributed by atoms with E-state index in [2.05, 4.69) is 14.9 Å². The zero-order chi connectivity index (χ0) is 19.9. The molecule has 1 atom stereocenters. The number of halogens is 3. The van der Waals surface area contributed by atoms with E-state index in [1.165, 1.54) is 4.31 Å². The van der Waals surface area contributed by atoms with E-state index in [0.717, 1.165) is 24.3 Å². The van der Waals surface area contributed by atoms with Crippen LogP contribution in [0, 0.1) is 0 Å². The highest BCUT2D eigenvalue weighted by molar-refractivity contribution is 7.89. The third-order valence-electron chi connectivity index (χ3n) is 4.51. The molecule has 3 heterocycles. The smallest absolute Gasteiger partial charge is 0.406 e. The first-order valence-corrected chi connectivity index (χ1v) is 9.87. The summed E-state index contributed by atoms with van der Waals surface area (Å²) in [5.74, 6) is 0.0292. The molecule has 1 aliphatic heterocycles. The molecule has 0 spiro atoms. The van der Waals surface area contributed by atoms with E-state index >= 15 is 0 Å². The van der Waals surface area contributed by atoms with Gasteiger partial charge in [-0.2, -0.15) is 4.31 Å². The molecule has 1 aliphatic rings. The van der Waals surface area contributed by atoms with Crippen LogP contribution < -0.4 is 4.74 Å². The fraction of sp³-hybridized carbons (Fsp3) is 0.294. The summed E-state index contributed by atoms with van der Waals surface area (Å²) in [6, 6.07) is 9.05. The summed E-state index contributed by atoms with van der Waals surface area (Å²) in [6.07, 6.45) is -1.86. The largest absolute Gasteiger partial charge is 0.573 e. The van der Waals surface area contributed by atoms with Crippen molar-refractivity contribution in [3.8, 4) is 5.75 Å². The summed E-state index contributed by atoms with van der Waals surface area (Å²) >= 11 is 0. The highest BCUT2D eigenvalue weighted by atomic mass is 32.2. The second-order valence-corrected chi connectivity index (χ2v) is 8.17. The van der Waals surface area contributed by atoms with Gasteiger partial charge in [-0.25, -0.2) is 8.42 Å². The number of pyridine rings is 1. The summed E-state index contributed by atoms with van der Waals surface area (Å²) in [4.78, 5) is -0.109. The van der Waals surface area contributed by atoms with Crippen molar-refractivity contribution in [2.75, 3.05) is 6.54 Å². The zero-order valence-electron chi connectivity index (χ0n) is 14.4. The maximum absolute atomic E-state index is 13.1. The Morgan fingerprint density at radius 1 is 1.07 bits per heavy atom. The van der Waals surface area contributed by atoms with Crippen molar-refractivity contribution in [3.63, 3.8) is 0 Å². The Labute approximate surface area is 158 Å². The van der Waals surface area contributed by atoms with Crippen molar-refractivity contribution in [1.82, 2.24) is 18.9 Å². The molecule has 0 unspecified atom stereocenters. The van der Waals surface area contributed by atoms with Gasteiger partial charge in [-0.3, -0.25) is 4.40 Å². The van der Waals surface area contributed by atoms with Gasteiger partial charge in [0.2, 0.25) is 10.0 Å². The first-order valence-electron chi connectivity index (χ1n) is 8.43. The molecule has 0 aliphatic carbocycles. The van der Waals surface area contributed by atoms with Crippen LogP contribution in [-0.2, 0) is 10.0 Å². The standard InChI is InChI=1S/C17H15F3N4O3S/c18-17(19,20)27-12-6-8-13(9-7-12)28(25,26)24-11-3-4-14(24)16-22-21-15-5-1-2-10-23(15)16/h1-2,5-10,14H,3-4,11H2/t14-/m0/s1. The number of ether oxygens (including phenoxy) is 1. The van der Waals surface area contributed by atoms with Gasteiger partial charge in [0.25, 0.3) is 0 Å². The molecule has 0 amide bonds. The molecule has 11 heteroatoms. The topological polar surface area (TPSA) is 76.8 Å². The van der Waals surface area contributed by atoms with Crippen LogP contribution in [0.3, 0.4) is 0 Å². The maximum atomic E-state index is 13.1. The molecule has 28 heavy (non-hydrogen) atoms. The number of fused-ring (bicyclic) bond motifs is 1. The predicted molar refractivity (Wildman–Crippen MR) is 92.0 cm³/mol. The normalized spacial score (nSPS) is 18.6. The predicted octanol–water partition coefficient (Wildman–Crippen LogP) is 3.15. The van der Waals surface area contributed by atoms with Gasteiger partial charge in [0, 0.05) is 12.7 Å². The number of rotatable bonds is 4. The van der Waals surface area contributed by atoms with Crippen LogP contribution in [0.1, 0.15) is 24.7 Å². The Morgan fingerprint density at radius 2 is 1.82 bits per heavy atom. The van der Waals surface area contributed by atoms with E-state index in [9.17, 15) is 21.6 Å². The minimum Gasteiger partial charge on any atom is -0.406 e. The Bertz CT molecular complexity index is 1100. The van der Waals surface area contributed by atoms with Crippen LogP contribution in [-0.4, -0.2) is 40.2 Å². The van der Waals surface area contributed by atoms with Gasteiger partial charge in [0.05, 0.1) is 10.9 Å². The molecule has 1 aromatic carbocycles. The van der Waals surface area contributed by atoms with Crippen LogP contribution >= 0.6 is 0 Å². The molecule has 148 valence electrons. The SMILES string of the molecule is O=S(=O)(c1ccc(OC(F)(F)F)cc1)N1CCC[C@H]1c1nnc2ccccn12. The average Bonchev–Trinajstić information content (AvgIpc) is 3.27. The van der Waals surface area contributed by atoms with Crippen LogP contribution in [0.15, 0.2) is 53.6 Å². The van der Waals surface area contributed by atoms with E-state index in [1.807, 2.05) is 6.07 Å². The molecule has 0 bridgehead atoms. The molecule has 2 aromatic heterocycles. The molecule has 7 nitrogen and oxygen atoms in total. The van der Waals surface area contributed by atoms with Gasteiger partial charge in [-0.15, -0.1) is 23.4 Å². The van der Waals surface area contributed by atoms with Gasteiger partial charge < -0.3 is 4.74 Å². The quantitative estimate of drug-likeness (QED) is 0.658. The molecule has 1 fully saturated rings. The molecule has 0 saturated carbocycles. The van der Waals surface area contributed by atoms with Gasteiger partial charge >= 0.3 is 6.36 Å². The maximum Gasteiger partial charge on any atom is 0.573 e. The van der Waals surface area contributed by atoms with Crippen molar-refractivity contribution in [3.05, 3.63) is 54.5 Å². The second-order valence-electron chi connectivity index (χ2n) is 6.28. The minimum atomic E-state index is -4.84. The Hall–Kier alpha value is -2.66. The zero-order valence-corrected chi connectivity index (χ0v) is 15.2. The number of nitrogens with zero attached hydrogens (tertiary/aromatic N) is 4. The third-order valence-corrected chi connectivity index (χ3v) is 6.43. The van der Waals surface area contributed by atoms with Crippen molar-refractivity contribution >= 4 is 15.7 Å². The van der Waals surface area contributed by atoms with Crippen molar-refractivity contribution in [2.45, 2.75) is 30.1 Å². The van der Waals surface area contributed by atoms with Crippen molar-refractivity contribution < 1.29 is 26.3 Å². The number of alkyl halides is 3. The first kappa shape index (κ1) is 18.7. The molecule has 0 N–H and O–H groups in total. The number of hydrogen-bond donors (Lipinski definition) is 0. The Morgan fingerprint density at radius 3 is 2.54 bits per heavy atom. The summed E-state index contributed by atoms with van der Waals surface area (Å²) in [7, 11) is -3.93. The van der Waals surface area contributed by atoms with E-state index in [-0.39, 0.29) is 11.4 Å². The molecule has 0 radical (unpaired) electrons. The lowest BCUT2D eigenvalue weighted by atomic mass is 10.2. The summed E-state index contributed by atoms with van der Waals surface area (Å²) in [6.45, 7) is 0.287. The van der Waals surface area contributed by atoms with Crippen LogP contribution in [0.2, 0.25) is 0 Å². The van der Waals surface area contributed by atoms with Crippen molar-refractivity contribution in [1.29, 1.82) is 0 Å².